The van der Waals surface area contributed by atoms with Gasteiger partial charge in [0.25, 0.3) is 0 Å². The van der Waals surface area contributed by atoms with Gasteiger partial charge in [0, 0.05) is 11.8 Å². The number of aromatic carboxylic acids is 1. The van der Waals surface area contributed by atoms with E-state index in [0.717, 1.165) is 6.07 Å². The molecule has 1 N–H and O–H groups in total. The average molecular weight is 305 g/mol. The van der Waals surface area contributed by atoms with E-state index in [0.29, 0.717) is 23.4 Å². The normalized spacial score (nSPS) is 16.9. The Bertz CT molecular complexity index is 854. The molecular weight excluding hydrogens is 289 g/mol. The first-order valence-electron chi connectivity index (χ1n) is 7.10. The fraction of sp³-hybridized carbons (Fsp3) is 0.375. The Morgan fingerprint density at radius 1 is 1.50 bits per heavy atom. The highest BCUT2D eigenvalue weighted by Gasteiger charge is 2.28. The van der Waals surface area contributed by atoms with Gasteiger partial charge >= 0.3 is 5.97 Å². The Kier molecular flexibility index (Phi) is 3.20. The second kappa shape index (κ2) is 4.83. The monoisotopic (exact) mass is 305 g/mol. The van der Waals surface area contributed by atoms with Crippen LogP contribution in [0.3, 0.4) is 0 Å². The van der Waals surface area contributed by atoms with Gasteiger partial charge in [0.2, 0.25) is 5.43 Å². The van der Waals surface area contributed by atoms with E-state index in [9.17, 15) is 19.1 Å². The molecule has 1 aromatic heterocycles. The van der Waals surface area contributed by atoms with Crippen LogP contribution in [0.2, 0.25) is 0 Å². The molecule has 0 amide bonds. The van der Waals surface area contributed by atoms with E-state index in [2.05, 4.69) is 0 Å². The van der Waals surface area contributed by atoms with Crippen molar-refractivity contribution in [2.75, 3.05) is 6.61 Å². The lowest BCUT2D eigenvalue weighted by molar-refractivity contribution is 0.0694. The molecule has 0 aliphatic carbocycles. The average Bonchev–Trinajstić information content (AvgIpc) is 2.43. The molecule has 1 aliphatic heterocycles. The minimum atomic E-state index is -1.32. The summed E-state index contributed by atoms with van der Waals surface area (Å²) in [6.45, 7) is 5.84. The molecule has 0 saturated heterocycles. The van der Waals surface area contributed by atoms with Crippen LogP contribution in [0.5, 0.6) is 5.75 Å². The van der Waals surface area contributed by atoms with Gasteiger partial charge in [-0.05, 0) is 18.9 Å². The molecule has 0 spiro atoms. The first-order valence-corrected chi connectivity index (χ1v) is 7.10. The molecule has 2 heterocycles. The lowest BCUT2D eigenvalue weighted by Crippen LogP contribution is -2.27. The molecule has 0 bridgehead atoms. The van der Waals surface area contributed by atoms with Crippen LogP contribution in [0, 0.1) is 5.82 Å². The largest absolute Gasteiger partial charge is 0.489 e. The Balaban J connectivity index is 2.54. The van der Waals surface area contributed by atoms with Crippen LogP contribution in [-0.2, 0) is 0 Å². The Morgan fingerprint density at radius 2 is 2.18 bits per heavy atom. The van der Waals surface area contributed by atoms with Gasteiger partial charge < -0.3 is 14.4 Å². The molecule has 1 atom stereocenters. The zero-order valence-corrected chi connectivity index (χ0v) is 12.5. The maximum Gasteiger partial charge on any atom is 0.341 e. The summed E-state index contributed by atoms with van der Waals surface area (Å²) < 4.78 is 21.8. The minimum absolute atomic E-state index is 0.0448. The van der Waals surface area contributed by atoms with Crippen LogP contribution >= 0.6 is 0 Å². The van der Waals surface area contributed by atoms with Crippen LogP contribution < -0.4 is 10.2 Å². The molecular formula is C16H16FNO4. The third-order valence-corrected chi connectivity index (χ3v) is 4.01. The van der Waals surface area contributed by atoms with Crippen molar-refractivity contribution in [1.82, 2.24) is 4.57 Å². The van der Waals surface area contributed by atoms with Gasteiger partial charge in [0.15, 0.2) is 0 Å². The van der Waals surface area contributed by atoms with E-state index in [1.807, 2.05) is 20.8 Å². The number of hydrogen-bond donors (Lipinski definition) is 1. The van der Waals surface area contributed by atoms with Crippen molar-refractivity contribution in [2.24, 2.45) is 0 Å². The molecule has 1 aliphatic rings. The van der Waals surface area contributed by atoms with Gasteiger partial charge in [-0.2, -0.15) is 0 Å². The number of ether oxygens (including phenoxy) is 1. The van der Waals surface area contributed by atoms with Crippen molar-refractivity contribution >= 4 is 16.9 Å². The van der Waals surface area contributed by atoms with Gasteiger partial charge in [-0.25, -0.2) is 9.18 Å². The number of carbonyl (C=O) groups is 1. The molecule has 2 aromatic rings. The highest BCUT2D eigenvalue weighted by Crippen LogP contribution is 2.39. The first kappa shape index (κ1) is 14.6. The summed E-state index contributed by atoms with van der Waals surface area (Å²) in [7, 11) is 0. The van der Waals surface area contributed by atoms with Gasteiger partial charge in [0.05, 0.1) is 16.9 Å². The van der Waals surface area contributed by atoms with E-state index >= 15 is 0 Å². The van der Waals surface area contributed by atoms with Gasteiger partial charge in [-0.1, -0.05) is 13.8 Å². The summed E-state index contributed by atoms with van der Waals surface area (Å²) in [4.78, 5) is 23.6. The Labute approximate surface area is 125 Å². The summed E-state index contributed by atoms with van der Waals surface area (Å²) >= 11 is 0. The summed E-state index contributed by atoms with van der Waals surface area (Å²) in [6, 6.07) is 0.986. The maximum atomic E-state index is 14.4. The van der Waals surface area contributed by atoms with Crippen molar-refractivity contribution in [3.8, 4) is 5.75 Å². The predicted molar refractivity (Wildman–Crippen MR) is 79.4 cm³/mol. The smallest absolute Gasteiger partial charge is 0.341 e. The van der Waals surface area contributed by atoms with Crippen LogP contribution in [-0.4, -0.2) is 22.2 Å². The van der Waals surface area contributed by atoms with Gasteiger partial charge in [-0.15, -0.1) is 0 Å². The van der Waals surface area contributed by atoms with Crippen molar-refractivity contribution in [3.05, 3.63) is 39.4 Å². The Hall–Kier alpha value is -2.37. The number of halogens is 1. The molecule has 0 unspecified atom stereocenters. The van der Waals surface area contributed by atoms with Crippen molar-refractivity contribution in [3.63, 3.8) is 0 Å². The third-order valence-electron chi connectivity index (χ3n) is 4.01. The van der Waals surface area contributed by atoms with Crippen LogP contribution in [0.15, 0.2) is 17.1 Å². The van der Waals surface area contributed by atoms with E-state index in [4.69, 9.17) is 4.74 Å². The highest BCUT2D eigenvalue weighted by atomic mass is 19.1. The lowest BCUT2D eigenvalue weighted by atomic mass is 9.97. The molecule has 6 heteroatoms. The molecule has 0 radical (unpaired) electrons. The SMILES string of the molecule is CC(C)c1c(F)cc2c(=O)c(C(=O)O)cn3c2c1OC[C@@H]3C. The number of benzene rings is 1. The quantitative estimate of drug-likeness (QED) is 0.926. The first-order chi connectivity index (χ1) is 10.3. The van der Waals surface area contributed by atoms with Crippen molar-refractivity contribution in [1.29, 1.82) is 0 Å². The fourth-order valence-corrected chi connectivity index (χ4v) is 2.94. The van der Waals surface area contributed by atoms with E-state index in [1.54, 1.807) is 4.57 Å². The number of carboxylic acid groups (broad SMARTS) is 1. The maximum absolute atomic E-state index is 14.4. The minimum Gasteiger partial charge on any atom is -0.489 e. The molecule has 22 heavy (non-hydrogen) atoms. The standard InChI is InChI=1S/C16H16FNO4/c1-7(2)12-11(17)4-9-13-15(12)22-6-8(3)18(13)5-10(14(9)19)16(20)21/h4-5,7-8H,6H2,1-3H3,(H,20,21)/t8-/m0/s1. The second-order valence-electron chi connectivity index (χ2n) is 5.90. The zero-order valence-electron chi connectivity index (χ0n) is 12.5. The van der Waals surface area contributed by atoms with Crippen LogP contribution in [0.1, 0.15) is 48.7 Å². The highest BCUT2D eigenvalue weighted by molar-refractivity contribution is 5.95. The summed E-state index contributed by atoms with van der Waals surface area (Å²) in [5.74, 6) is -1.63. The van der Waals surface area contributed by atoms with Crippen LogP contribution in [0.4, 0.5) is 4.39 Å². The second-order valence-corrected chi connectivity index (χ2v) is 5.90. The van der Waals surface area contributed by atoms with Crippen molar-refractivity contribution in [2.45, 2.75) is 32.7 Å². The van der Waals surface area contributed by atoms with Crippen LogP contribution in [0.25, 0.3) is 10.9 Å². The van der Waals surface area contributed by atoms with Crippen molar-refractivity contribution < 1.29 is 19.0 Å². The molecule has 3 rings (SSSR count). The number of carboxylic acids is 1. The van der Waals surface area contributed by atoms with E-state index < -0.39 is 17.2 Å². The lowest BCUT2D eigenvalue weighted by Gasteiger charge is -2.29. The molecule has 116 valence electrons. The predicted octanol–water partition coefficient (Wildman–Crippen LogP) is 2.92. The number of rotatable bonds is 2. The number of aromatic nitrogens is 1. The molecule has 1 aromatic carbocycles. The van der Waals surface area contributed by atoms with E-state index in [1.165, 1.54) is 6.20 Å². The van der Waals surface area contributed by atoms with Gasteiger partial charge in [0.1, 0.15) is 23.7 Å². The fourth-order valence-electron chi connectivity index (χ4n) is 2.94. The zero-order chi connectivity index (χ0) is 16.2. The van der Waals surface area contributed by atoms with Gasteiger partial charge in [-0.3, -0.25) is 4.79 Å². The molecule has 0 saturated carbocycles. The number of nitrogens with zero attached hydrogens (tertiary/aromatic N) is 1. The van der Waals surface area contributed by atoms with E-state index in [-0.39, 0.29) is 22.9 Å². The molecule has 0 fully saturated rings. The summed E-state index contributed by atoms with van der Waals surface area (Å²) in [6.07, 6.45) is 1.33. The number of hydrogen-bond acceptors (Lipinski definition) is 3. The summed E-state index contributed by atoms with van der Waals surface area (Å²) in [5, 5.41) is 9.24. The third kappa shape index (κ3) is 1.90. The Morgan fingerprint density at radius 3 is 2.77 bits per heavy atom. The number of pyridine rings is 1. The molecule has 5 nitrogen and oxygen atoms in total. The summed E-state index contributed by atoms with van der Waals surface area (Å²) in [5.41, 5.74) is -0.162. The topological polar surface area (TPSA) is 68.5 Å².